The van der Waals surface area contributed by atoms with Gasteiger partial charge in [-0.3, -0.25) is 0 Å². The van der Waals surface area contributed by atoms with Crippen LogP contribution in [0.2, 0.25) is 0 Å². The van der Waals surface area contributed by atoms with E-state index in [1.807, 2.05) is 18.2 Å². The predicted molar refractivity (Wildman–Crippen MR) is 82.5 cm³/mol. The molecule has 0 radical (unpaired) electrons. The Morgan fingerprint density at radius 3 is 2.76 bits per heavy atom. The first-order valence-electron chi connectivity index (χ1n) is 7.87. The molecule has 0 N–H and O–H groups in total. The molecule has 116 valence electrons. The van der Waals surface area contributed by atoms with Crippen molar-refractivity contribution in [1.29, 1.82) is 0 Å². The van der Waals surface area contributed by atoms with Crippen LogP contribution in [0.1, 0.15) is 45.6 Å². The van der Waals surface area contributed by atoms with Crippen LogP contribution < -0.4 is 4.74 Å². The minimum atomic E-state index is -0.0791. The molecule has 21 heavy (non-hydrogen) atoms. The van der Waals surface area contributed by atoms with Gasteiger partial charge in [0, 0.05) is 12.3 Å². The Bertz CT molecular complexity index is 508. The van der Waals surface area contributed by atoms with Crippen molar-refractivity contribution in [2.24, 2.45) is 5.92 Å². The Morgan fingerprint density at radius 2 is 2.10 bits per heavy atom. The lowest BCUT2D eigenvalue weighted by molar-refractivity contribution is -0.273. The van der Waals surface area contributed by atoms with Gasteiger partial charge < -0.3 is 14.2 Å². The van der Waals surface area contributed by atoms with Crippen LogP contribution in [-0.4, -0.2) is 24.4 Å². The lowest BCUT2D eigenvalue weighted by atomic mass is 9.67. The summed E-state index contributed by atoms with van der Waals surface area (Å²) in [5, 5.41) is 0. The van der Waals surface area contributed by atoms with E-state index in [9.17, 15) is 0 Å². The first-order valence-corrected chi connectivity index (χ1v) is 7.87. The Balaban J connectivity index is 1.68. The molecule has 1 aromatic rings. The van der Waals surface area contributed by atoms with Crippen LogP contribution in [0.25, 0.3) is 0 Å². The number of rotatable bonds is 4. The summed E-state index contributed by atoms with van der Waals surface area (Å²) in [6, 6.07) is 8.11. The Kier molecular flexibility index (Phi) is 3.74. The van der Waals surface area contributed by atoms with Crippen molar-refractivity contribution >= 4 is 0 Å². The lowest BCUT2D eigenvalue weighted by Crippen LogP contribution is -2.60. The van der Waals surface area contributed by atoms with E-state index in [0.717, 1.165) is 18.6 Å². The summed E-state index contributed by atoms with van der Waals surface area (Å²) in [5.74, 6) is 1.38. The van der Waals surface area contributed by atoms with Gasteiger partial charge in [-0.15, -0.1) is 0 Å². The predicted octanol–water partition coefficient (Wildman–Crippen LogP) is 3.95. The molecule has 2 aliphatic heterocycles. The van der Waals surface area contributed by atoms with Gasteiger partial charge in [0.15, 0.2) is 0 Å². The molecule has 0 amide bonds. The zero-order valence-electron chi connectivity index (χ0n) is 13.5. The molecule has 0 spiro atoms. The van der Waals surface area contributed by atoms with Crippen molar-refractivity contribution in [1.82, 2.24) is 0 Å². The Labute approximate surface area is 127 Å². The van der Waals surface area contributed by atoms with E-state index in [1.165, 1.54) is 12.0 Å². The van der Waals surface area contributed by atoms with Gasteiger partial charge in [0.25, 0.3) is 0 Å². The van der Waals surface area contributed by atoms with Crippen LogP contribution in [0.4, 0.5) is 0 Å². The van der Waals surface area contributed by atoms with Gasteiger partial charge in [0.05, 0.1) is 31.0 Å². The van der Waals surface area contributed by atoms with Crippen molar-refractivity contribution in [3.8, 4) is 5.75 Å². The molecule has 0 aromatic heterocycles. The van der Waals surface area contributed by atoms with Crippen LogP contribution in [0, 0.1) is 5.92 Å². The number of methoxy groups -OCH3 is 1. The zero-order chi connectivity index (χ0) is 15.1. The highest BCUT2D eigenvalue weighted by Gasteiger charge is 2.53. The molecular weight excluding hydrogens is 264 g/mol. The fourth-order valence-electron chi connectivity index (χ4n) is 4.06. The number of ether oxygens (including phenoxy) is 3. The Hall–Kier alpha value is -1.06. The van der Waals surface area contributed by atoms with E-state index in [0.29, 0.717) is 18.6 Å². The van der Waals surface area contributed by atoms with Crippen molar-refractivity contribution in [3.05, 3.63) is 29.8 Å². The molecule has 2 saturated heterocycles. The van der Waals surface area contributed by atoms with E-state index in [1.54, 1.807) is 7.11 Å². The van der Waals surface area contributed by atoms with Gasteiger partial charge in [0.1, 0.15) is 5.75 Å². The van der Waals surface area contributed by atoms with Crippen LogP contribution in [0.15, 0.2) is 24.3 Å². The van der Waals surface area contributed by atoms with Gasteiger partial charge in [-0.25, -0.2) is 0 Å². The summed E-state index contributed by atoms with van der Waals surface area (Å²) >= 11 is 0. The van der Waals surface area contributed by atoms with E-state index in [4.69, 9.17) is 14.2 Å². The van der Waals surface area contributed by atoms with E-state index < -0.39 is 0 Å². The topological polar surface area (TPSA) is 27.7 Å². The fraction of sp³-hybridized carbons (Fsp3) is 0.667. The zero-order valence-corrected chi connectivity index (χ0v) is 13.5. The van der Waals surface area contributed by atoms with Gasteiger partial charge >= 0.3 is 0 Å². The molecular formula is C18H26O3. The molecule has 3 atom stereocenters. The summed E-state index contributed by atoms with van der Waals surface area (Å²) in [6.45, 7) is 7.28. The molecule has 3 aliphatic rings. The second-order valence-corrected chi connectivity index (χ2v) is 7.21. The third kappa shape index (κ3) is 2.95. The highest BCUT2D eigenvalue weighted by molar-refractivity contribution is 5.27. The summed E-state index contributed by atoms with van der Waals surface area (Å²) in [6.07, 6.45) is 3.65. The van der Waals surface area contributed by atoms with Gasteiger partial charge in [0.2, 0.25) is 0 Å². The largest absolute Gasteiger partial charge is 0.497 e. The normalized spacial score (nSPS) is 33.9. The molecule has 1 saturated carbocycles. The average molecular weight is 290 g/mol. The van der Waals surface area contributed by atoms with Crippen LogP contribution in [0.5, 0.6) is 5.75 Å². The number of hydrogen-bond acceptors (Lipinski definition) is 3. The average Bonchev–Trinajstić information content (AvgIpc) is 2.43. The van der Waals surface area contributed by atoms with E-state index in [-0.39, 0.29) is 11.2 Å². The molecule has 3 fully saturated rings. The standard InChI is InChI=1S/C18H26O3/c1-17(2)15-8-9-18(3,21-17)11-16(15)20-12-13-6-5-7-14(10-13)19-4/h5-7,10,15-16H,8-9,11-12H2,1-4H3/t15-,16+,18+/m0/s1. The lowest BCUT2D eigenvalue weighted by Gasteiger charge is -2.57. The first-order chi connectivity index (χ1) is 9.92. The van der Waals surface area contributed by atoms with Crippen molar-refractivity contribution in [2.45, 2.75) is 63.9 Å². The van der Waals surface area contributed by atoms with Crippen LogP contribution in [0.3, 0.4) is 0 Å². The van der Waals surface area contributed by atoms with Crippen LogP contribution >= 0.6 is 0 Å². The van der Waals surface area contributed by atoms with Crippen molar-refractivity contribution in [3.63, 3.8) is 0 Å². The molecule has 2 heterocycles. The molecule has 4 rings (SSSR count). The summed E-state index contributed by atoms with van der Waals surface area (Å²) in [7, 11) is 1.70. The summed E-state index contributed by atoms with van der Waals surface area (Å²) < 4.78 is 17.8. The van der Waals surface area contributed by atoms with Crippen molar-refractivity contribution in [2.75, 3.05) is 7.11 Å². The Morgan fingerprint density at radius 1 is 1.29 bits per heavy atom. The van der Waals surface area contributed by atoms with Gasteiger partial charge in [-0.2, -0.15) is 0 Å². The maximum Gasteiger partial charge on any atom is 0.119 e. The quantitative estimate of drug-likeness (QED) is 0.840. The van der Waals surface area contributed by atoms with Gasteiger partial charge in [-0.05, 0) is 51.3 Å². The SMILES string of the molecule is COc1cccc(CO[C@@H]2C[C@@]3(C)CC[C@@H]2C(C)(C)O3)c1. The minimum Gasteiger partial charge on any atom is -0.497 e. The first kappa shape index (κ1) is 14.9. The maximum atomic E-state index is 6.28. The second-order valence-electron chi connectivity index (χ2n) is 7.21. The second kappa shape index (κ2) is 5.29. The smallest absolute Gasteiger partial charge is 0.119 e. The molecule has 1 aromatic carbocycles. The summed E-state index contributed by atoms with van der Waals surface area (Å²) in [5.41, 5.74) is 1.07. The third-order valence-electron chi connectivity index (χ3n) is 5.07. The molecule has 1 aliphatic carbocycles. The molecule has 3 heteroatoms. The third-order valence-corrected chi connectivity index (χ3v) is 5.07. The van der Waals surface area contributed by atoms with E-state index >= 15 is 0 Å². The van der Waals surface area contributed by atoms with Crippen molar-refractivity contribution < 1.29 is 14.2 Å². The minimum absolute atomic E-state index is 0.0166. The molecule has 3 nitrogen and oxygen atoms in total. The highest BCUT2D eigenvalue weighted by Crippen LogP contribution is 2.50. The van der Waals surface area contributed by atoms with Crippen LogP contribution in [-0.2, 0) is 16.1 Å². The molecule has 2 bridgehead atoms. The number of hydrogen-bond donors (Lipinski definition) is 0. The monoisotopic (exact) mass is 290 g/mol. The maximum absolute atomic E-state index is 6.28. The summed E-state index contributed by atoms with van der Waals surface area (Å²) in [4.78, 5) is 0. The number of benzene rings is 1. The molecule has 0 unspecified atom stereocenters. The number of fused-ring (bicyclic) bond motifs is 3. The van der Waals surface area contributed by atoms with Gasteiger partial charge in [-0.1, -0.05) is 12.1 Å². The van der Waals surface area contributed by atoms with E-state index in [2.05, 4.69) is 26.8 Å². The fourth-order valence-corrected chi connectivity index (χ4v) is 4.06. The highest BCUT2D eigenvalue weighted by atomic mass is 16.5.